The molecular formula is C16H20ClN3. The molecule has 2 aromatic rings. The summed E-state index contributed by atoms with van der Waals surface area (Å²) in [5.74, 6) is 2.94. The van der Waals surface area contributed by atoms with Crippen molar-refractivity contribution in [3.05, 3.63) is 47.0 Å². The minimum Gasteiger partial charge on any atom is -0.314 e. The molecule has 1 aliphatic carbocycles. The molecule has 3 rings (SSSR count). The summed E-state index contributed by atoms with van der Waals surface area (Å²) < 4.78 is 2.23. The van der Waals surface area contributed by atoms with Crippen molar-refractivity contribution >= 4 is 11.6 Å². The SMILES string of the molecule is CCCn1c(CCl)nnc1C1CCc2ccccc2C1. The number of benzene rings is 1. The van der Waals surface area contributed by atoms with E-state index < -0.39 is 0 Å². The first-order chi connectivity index (χ1) is 9.83. The van der Waals surface area contributed by atoms with Gasteiger partial charge in [0, 0.05) is 12.5 Å². The lowest BCUT2D eigenvalue weighted by molar-refractivity contribution is 0.509. The molecule has 0 fully saturated rings. The predicted molar refractivity (Wildman–Crippen MR) is 81.1 cm³/mol. The van der Waals surface area contributed by atoms with E-state index in [1.54, 1.807) is 0 Å². The molecule has 3 nitrogen and oxygen atoms in total. The van der Waals surface area contributed by atoms with Crippen LogP contribution in [0.1, 0.15) is 48.5 Å². The monoisotopic (exact) mass is 289 g/mol. The van der Waals surface area contributed by atoms with Crippen LogP contribution in [0.2, 0.25) is 0 Å². The number of aromatic nitrogens is 3. The Labute approximate surface area is 125 Å². The van der Waals surface area contributed by atoms with Crippen LogP contribution in [-0.2, 0) is 25.3 Å². The largest absolute Gasteiger partial charge is 0.314 e. The smallest absolute Gasteiger partial charge is 0.147 e. The minimum absolute atomic E-state index is 0.441. The molecule has 0 saturated carbocycles. The lowest BCUT2D eigenvalue weighted by Crippen LogP contribution is -2.18. The molecule has 0 bridgehead atoms. The Morgan fingerprint density at radius 3 is 2.80 bits per heavy atom. The number of fused-ring (bicyclic) bond motifs is 1. The van der Waals surface area contributed by atoms with Crippen LogP contribution in [0.25, 0.3) is 0 Å². The number of alkyl halides is 1. The first kappa shape index (κ1) is 13.6. The quantitative estimate of drug-likeness (QED) is 0.804. The van der Waals surface area contributed by atoms with E-state index in [1.165, 1.54) is 11.1 Å². The van der Waals surface area contributed by atoms with Crippen LogP contribution in [0.15, 0.2) is 24.3 Å². The minimum atomic E-state index is 0.441. The van der Waals surface area contributed by atoms with Gasteiger partial charge in [-0.15, -0.1) is 21.8 Å². The van der Waals surface area contributed by atoms with Crippen LogP contribution in [-0.4, -0.2) is 14.8 Å². The van der Waals surface area contributed by atoms with Gasteiger partial charge in [0.2, 0.25) is 0 Å². The fourth-order valence-electron chi connectivity index (χ4n) is 3.14. The molecule has 4 heteroatoms. The number of nitrogens with zero attached hydrogens (tertiary/aromatic N) is 3. The van der Waals surface area contributed by atoms with Gasteiger partial charge in [-0.1, -0.05) is 31.2 Å². The van der Waals surface area contributed by atoms with Crippen molar-refractivity contribution in [2.24, 2.45) is 0 Å². The van der Waals surface area contributed by atoms with E-state index in [2.05, 4.69) is 46.0 Å². The highest BCUT2D eigenvalue weighted by Gasteiger charge is 2.25. The standard InChI is InChI=1S/C16H20ClN3/c1-2-9-20-15(11-17)18-19-16(20)14-8-7-12-5-3-4-6-13(12)10-14/h3-6,14H,2,7-11H2,1H3. The molecule has 0 radical (unpaired) electrons. The zero-order chi connectivity index (χ0) is 13.9. The summed E-state index contributed by atoms with van der Waals surface area (Å²) in [5, 5.41) is 8.70. The van der Waals surface area contributed by atoms with Gasteiger partial charge in [-0.05, 0) is 36.8 Å². The van der Waals surface area contributed by atoms with Gasteiger partial charge < -0.3 is 4.57 Å². The number of rotatable bonds is 4. The highest BCUT2D eigenvalue weighted by molar-refractivity contribution is 6.16. The van der Waals surface area contributed by atoms with E-state index in [1.807, 2.05) is 0 Å². The lowest BCUT2D eigenvalue weighted by Gasteiger charge is -2.24. The maximum Gasteiger partial charge on any atom is 0.147 e. The molecule has 1 heterocycles. The van der Waals surface area contributed by atoms with Crippen molar-refractivity contribution in [1.29, 1.82) is 0 Å². The van der Waals surface area contributed by atoms with Crippen LogP contribution in [0.5, 0.6) is 0 Å². The van der Waals surface area contributed by atoms with Gasteiger partial charge >= 0.3 is 0 Å². The molecule has 1 aromatic heterocycles. The maximum absolute atomic E-state index is 5.98. The summed E-state index contributed by atoms with van der Waals surface area (Å²) in [6.45, 7) is 3.14. The molecule has 0 aliphatic heterocycles. The van der Waals surface area contributed by atoms with Gasteiger partial charge in [-0.3, -0.25) is 0 Å². The Morgan fingerprint density at radius 2 is 2.05 bits per heavy atom. The fraction of sp³-hybridized carbons (Fsp3) is 0.500. The van der Waals surface area contributed by atoms with Crippen molar-refractivity contribution in [2.75, 3.05) is 0 Å². The second kappa shape index (κ2) is 5.96. The van der Waals surface area contributed by atoms with E-state index in [4.69, 9.17) is 11.6 Å². The molecule has 0 N–H and O–H groups in total. The molecule has 0 spiro atoms. The van der Waals surface area contributed by atoms with Gasteiger partial charge in [0.05, 0.1) is 5.88 Å². The summed E-state index contributed by atoms with van der Waals surface area (Å²) in [6.07, 6.45) is 4.44. The first-order valence-electron chi connectivity index (χ1n) is 7.38. The topological polar surface area (TPSA) is 30.7 Å². The third-order valence-corrected chi connectivity index (χ3v) is 4.37. The van der Waals surface area contributed by atoms with Gasteiger partial charge in [0.15, 0.2) is 0 Å². The van der Waals surface area contributed by atoms with Crippen molar-refractivity contribution in [1.82, 2.24) is 14.8 Å². The second-order valence-electron chi connectivity index (χ2n) is 5.47. The number of aryl methyl sites for hydroxylation is 1. The number of halogens is 1. The van der Waals surface area contributed by atoms with Gasteiger partial charge in [-0.25, -0.2) is 0 Å². The molecule has 20 heavy (non-hydrogen) atoms. The van der Waals surface area contributed by atoms with Crippen molar-refractivity contribution in [3.8, 4) is 0 Å². The molecular weight excluding hydrogens is 270 g/mol. The zero-order valence-electron chi connectivity index (χ0n) is 11.8. The summed E-state index contributed by atoms with van der Waals surface area (Å²) in [4.78, 5) is 0. The van der Waals surface area contributed by atoms with Gasteiger partial charge in [-0.2, -0.15) is 0 Å². The Morgan fingerprint density at radius 1 is 1.25 bits per heavy atom. The van der Waals surface area contributed by atoms with Crippen LogP contribution in [0.4, 0.5) is 0 Å². The maximum atomic E-state index is 5.98. The average Bonchev–Trinajstić information content (AvgIpc) is 2.90. The number of hydrogen-bond acceptors (Lipinski definition) is 2. The Kier molecular flexibility index (Phi) is 4.06. The lowest BCUT2D eigenvalue weighted by atomic mass is 9.83. The molecule has 0 saturated heterocycles. The Hall–Kier alpha value is -1.35. The van der Waals surface area contributed by atoms with E-state index in [0.717, 1.165) is 43.9 Å². The fourth-order valence-corrected chi connectivity index (χ4v) is 3.33. The Balaban J connectivity index is 1.89. The molecule has 1 aliphatic rings. The molecule has 1 atom stereocenters. The van der Waals surface area contributed by atoms with Crippen LogP contribution in [0, 0.1) is 0 Å². The van der Waals surface area contributed by atoms with Crippen LogP contribution in [0.3, 0.4) is 0 Å². The first-order valence-corrected chi connectivity index (χ1v) is 7.91. The van der Waals surface area contributed by atoms with Crippen LogP contribution >= 0.6 is 11.6 Å². The third kappa shape index (κ3) is 2.47. The van der Waals surface area contributed by atoms with E-state index >= 15 is 0 Å². The Bertz CT molecular complexity index is 591. The average molecular weight is 290 g/mol. The summed E-state index contributed by atoms with van der Waals surface area (Å²) >= 11 is 5.98. The third-order valence-electron chi connectivity index (χ3n) is 4.13. The zero-order valence-corrected chi connectivity index (χ0v) is 12.6. The normalized spacial score (nSPS) is 18.0. The van der Waals surface area contributed by atoms with E-state index in [9.17, 15) is 0 Å². The summed E-state index contributed by atoms with van der Waals surface area (Å²) in [7, 11) is 0. The summed E-state index contributed by atoms with van der Waals surface area (Å²) in [6, 6.07) is 8.74. The highest BCUT2D eigenvalue weighted by atomic mass is 35.5. The summed E-state index contributed by atoms with van der Waals surface area (Å²) in [5.41, 5.74) is 2.95. The molecule has 1 unspecified atom stereocenters. The van der Waals surface area contributed by atoms with Crippen molar-refractivity contribution in [2.45, 2.75) is 50.9 Å². The number of hydrogen-bond donors (Lipinski definition) is 0. The van der Waals surface area contributed by atoms with E-state index in [0.29, 0.717) is 11.8 Å². The van der Waals surface area contributed by atoms with Gasteiger partial charge in [0.25, 0.3) is 0 Å². The van der Waals surface area contributed by atoms with Crippen molar-refractivity contribution in [3.63, 3.8) is 0 Å². The molecule has 106 valence electrons. The molecule has 1 aromatic carbocycles. The second-order valence-corrected chi connectivity index (χ2v) is 5.74. The predicted octanol–water partition coefficient (Wildman–Crippen LogP) is 3.70. The van der Waals surface area contributed by atoms with Crippen LogP contribution < -0.4 is 0 Å². The van der Waals surface area contributed by atoms with E-state index in [-0.39, 0.29) is 0 Å². The highest BCUT2D eigenvalue weighted by Crippen LogP contribution is 2.32. The van der Waals surface area contributed by atoms with Crippen molar-refractivity contribution < 1.29 is 0 Å². The van der Waals surface area contributed by atoms with Gasteiger partial charge in [0.1, 0.15) is 11.6 Å². The molecule has 0 amide bonds.